The van der Waals surface area contributed by atoms with Crippen LogP contribution in [0.25, 0.3) is 0 Å². The average Bonchev–Trinajstić information content (AvgIpc) is 1.93. The van der Waals surface area contributed by atoms with E-state index in [1.54, 1.807) is 0 Å². The molecule has 10 heavy (non-hydrogen) atoms. The fraction of sp³-hybridized carbons (Fsp3) is 1.00. The molecule has 0 saturated heterocycles. The molecule has 0 spiro atoms. The molecule has 0 atom stereocenters. The minimum Gasteiger partial charge on any atom is -0.307 e. The Kier molecular flexibility index (Phi) is 27.5. The minimum absolute atomic E-state index is 0. The van der Waals surface area contributed by atoms with Crippen molar-refractivity contribution >= 4 is 0 Å². The van der Waals surface area contributed by atoms with Gasteiger partial charge < -0.3 is 4.90 Å². The summed E-state index contributed by atoms with van der Waals surface area (Å²) in [5.74, 6) is 0. The fourth-order valence-corrected chi connectivity index (χ4v) is 0.540. The largest absolute Gasteiger partial charge is 0.307 e. The summed E-state index contributed by atoms with van der Waals surface area (Å²) in [6.45, 7) is 10.8. The summed E-state index contributed by atoms with van der Waals surface area (Å²) in [6.07, 6.45) is 1.27. The molecule has 0 aliphatic carbocycles. The van der Waals surface area contributed by atoms with E-state index in [-0.39, 0.29) is 18.6 Å². The van der Waals surface area contributed by atoms with Crippen LogP contribution in [0.15, 0.2) is 0 Å². The topological polar surface area (TPSA) is 3.24 Å². The third-order valence-corrected chi connectivity index (χ3v) is 1.15. The molecule has 0 aromatic carbocycles. The van der Waals surface area contributed by atoms with Crippen molar-refractivity contribution < 1.29 is 18.6 Å². The molecular weight excluding hydrogens is 161 g/mol. The van der Waals surface area contributed by atoms with Crippen molar-refractivity contribution in [3.05, 3.63) is 0 Å². The zero-order valence-electron chi connectivity index (χ0n) is 8.02. The van der Waals surface area contributed by atoms with Gasteiger partial charge in [0.15, 0.2) is 0 Å². The Hall–Kier alpha value is 0.544. The van der Waals surface area contributed by atoms with E-state index in [2.05, 4.69) is 25.8 Å². The first-order valence-corrected chi connectivity index (χ1v) is 3.99. The molecule has 63 valence electrons. The average molecular weight is 182 g/mol. The van der Waals surface area contributed by atoms with Gasteiger partial charge in [0.1, 0.15) is 0 Å². The van der Waals surface area contributed by atoms with Gasteiger partial charge in [-0.05, 0) is 26.6 Å². The van der Waals surface area contributed by atoms with Crippen molar-refractivity contribution in [3.8, 4) is 0 Å². The molecular formula is C8H21NV. The molecule has 2 heteroatoms. The van der Waals surface area contributed by atoms with E-state index >= 15 is 0 Å². The van der Waals surface area contributed by atoms with Crippen molar-refractivity contribution in [2.75, 3.05) is 20.1 Å². The van der Waals surface area contributed by atoms with Crippen LogP contribution in [0.4, 0.5) is 0 Å². The summed E-state index contributed by atoms with van der Waals surface area (Å²) in [6, 6.07) is 0. The zero-order valence-corrected chi connectivity index (χ0v) is 9.41. The molecule has 0 aromatic heterocycles. The van der Waals surface area contributed by atoms with E-state index in [1.165, 1.54) is 19.5 Å². The maximum Gasteiger partial charge on any atom is 0 e. The molecule has 0 N–H and O–H groups in total. The maximum absolute atomic E-state index is 2.31. The minimum atomic E-state index is 0. The molecule has 0 bridgehead atoms. The van der Waals surface area contributed by atoms with Gasteiger partial charge in [0.25, 0.3) is 0 Å². The molecule has 1 radical (unpaired) electrons. The first kappa shape index (κ1) is 16.9. The molecule has 0 rings (SSSR count). The Morgan fingerprint density at radius 1 is 1.10 bits per heavy atom. The van der Waals surface area contributed by atoms with Gasteiger partial charge in [0.05, 0.1) is 0 Å². The number of hydrogen-bond acceptors (Lipinski definition) is 1. The molecule has 1 nitrogen and oxygen atoms in total. The smallest absolute Gasteiger partial charge is 0 e. The van der Waals surface area contributed by atoms with Gasteiger partial charge in [0, 0.05) is 18.6 Å². The van der Waals surface area contributed by atoms with Crippen molar-refractivity contribution in [1.82, 2.24) is 4.90 Å². The first-order chi connectivity index (χ1) is 4.31. The van der Waals surface area contributed by atoms with Gasteiger partial charge in [-0.2, -0.15) is 0 Å². The predicted octanol–water partition coefficient (Wildman–Crippen LogP) is 2.37. The van der Waals surface area contributed by atoms with E-state index in [1.807, 2.05) is 13.8 Å². The van der Waals surface area contributed by atoms with Crippen LogP contribution in [-0.2, 0) is 18.6 Å². The quantitative estimate of drug-likeness (QED) is 0.647. The standard InChI is InChI=1S/C6H15N.C2H6.V/c1-4-6-7(3)5-2;1-2;/h4-6H2,1-3H3;1-2H3;. The van der Waals surface area contributed by atoms with Crippen LogP contribution in [0.5, 0.6) is 0 Å². The Labute approximate surface area is 78.1 Å². The van der Waals surface area contributed by atoms with Crippen molar-refractivity contribution in [1.29, 1.82) is 0 Å². The first-order valence-electron chi connectivity index (χ1n) is 3.99. The van der Waals surface area contributed by atoms with Gasteiger partial charge >= 0.3 is 0 Å². The van der Waals surface area contributed by atoms with Gasteiger partial charge in [-0.15, -0.1) is 0 Å². The summed E-state index contributed by atoms with van der Waals surface area (Å²) in [5, 5.41) is 0. The zero-order chi connectivity index (χ0) is 7.70. The number of nitrogens with zero attached hydrogens (tertiary/aromatic N) is 1. The van der Waals surface area contributed by atoms with Crippen LogP contribution in [0, 0.1) is 0 Å². The second-order valence-corrected chi connectivity index (χ2v) is 1.90. The van der Waals surface area contributed by atoms with E-state index in [9.17, 15) is 0 Å². The third kappa shape index (κ3) is 15.8. The Morgan fingerprint density at radius 3 is 1.60 bits per heavy atom. The van der Waals surface area contributed by atoms with Crippen molar-refractivity contribution in [3.63, 3.8) is 0 Å². The molecule has 0 unspecified atom stereocenters. The van der Waals surface area contributed by atoms with E-state index in [0.717, 1.165) is 0 Å². The summed E-state index contributed by atoms with van der Waals surface area (Å²) < 4.78 is 0. The molecule has 0 heterocycles. The summed E-state index contributed by atoms with van der Waals surface area (Å²) in [7, 11) is 2.14. The summed E-state index contributed by atoms with van der Waals surface area (Å²) in [4.78, 5) is 2.31. The molecule has 0 aromatic rings. The predicted molar refractivity (Wildman–Crippen MR) is 44.8 cm³/mol. The van der Waals surface area contributed by atoms with Gasteiger partial charge in [-0.25, -0.2) is 0 Å². The van der Waals surface area contributed by atoms with Crippen LogP contribution in [0.1, 0.15) is 34.1 Å². The normalized spacial score (nSPS) is 7.80. The SMILES string of the molecule is CC.CCCN(C)CC.[V]. The van der Waals surface area contributed by atoms with E-state index in [0.29, 0.717) is 0 Å². The van der Waals surface area contributed by atoms with Crippen LogP contribution in [0.2, 0.25) is 0 Å². The van der Waals surface area contributed by atoms with E-state index in [4.69, 9.17) is 0 Å². The van der Waals surface area contributed by atoms with Gasteiger partial charge in [-0.1, -0.05) is 27.7 Å². The Bertz CT molecular complexity index is 40.2. The second kappa shape index (κ2) is 16.3. The molecule has 0 amide bonds. The second-order valence-electron chi connectivity index (χ2n) is 1.90. The monoisotopic (exact) mass is 182 g/mol. The molecule has 0 aliphatic rings. The third-order valence-electron chi connectivity index (χ3n) is 1.15. The van der Waals surface area contributed by atoms with Crippen LogP contribution in [0.3, 0.4) is 0 Å². The number of rotatable bonds is 3. The van der Waals surface area contributed by atoms with Gasteiger partial charge in [-0.3, -0.25) is 0 Å². The Balaban J connectivity index is -0.000000149. The summed E-state index contributed by atoms with van der Waals surface area (Å²) in [5.41, 5.74) is 0. The molecule has 0 aliphatic heterocycles. The molecule has 0 saturated carbocycles. The van der Waals surface area contributed by atoms with Crippen LogP contribution in [-0.4, -0.2) is 25.0 Å². The van der Waals surface area contributed by atoms with Crippen molar-refractivity contribution in [2.24, 2.45) is 0 Å². The van der Waals surface area contributed by atoms with Crippen LogP contribution >= 0.6 is 0 Å². The fourth-order valence-electron chi connectivity index (χ4n) is 0.540. The Morgan fingerprint density at radius 2 is 1.50 bits per heavy atom. The molecule has 0 fully saturated rings. The van der Waals surface area contributed by atoms with Crippen LogP contribution < -0.4 is 0 Å². The number of hydrogen-bond donors (Lipinski definition) is 0. The van der Waals surface area contributed by atoms with Gasteiger partial charge in [0.2, 0.25) is 0 Å². The summed E-state index contributed by atoms with van der Waals surface area (Å²) >= 11 is 0. The van der Waals surface area contributed by atoms with E-state index < -0.39 is 0 Å². The van der Waals surface area contributed by atoms with Crippen molar-refractivity contribution in [2.45, 2.75) is 34.1 Å². The maximum atomic E-state index is 2.31.